The van der Waals surface area contributed by atoms with Crippen LogP contribution < -0.4 is 5.73 Å². The number of amides is 1. The second kappa shape index (κ2) is 4.49. The van der Waals surface area contributed by atoms with Gasteiger partial charge >= 0.3 is 0 Å². The van der Waals surface area contributed by atoms with Gasteiger partial charge in [0.15, 0.2) is 0 Å². The smallest absolute Gasteiger partial charge is 0.279 e. The highest BCUT2D eigenvalue weighted by molar-refractivity contribution is 5.98. The summed E-state index contributed by atoms with van der Waals surface area (Å²) < 4.78 is 13.2. The van der Waals surface area contributed by atoms with E-state index in [4.69, 9.17) is 10.6 Å². The van der Waals surface area contributed by atoms with Crippen molar-refractivity contribution >= 4 is 11.6 Å². The van der Waals surface area contributed by atoms with Crippen molar-refractivity contribution in [1.82, 2.24) is 5.06 Å². The summed E-state index contributed by atoms with van der Waals surface area (Å²) >= 11 is 0. The topological polar surface area (TPSA) is 55.6 Å². The summed E-state index contributed by atoms with van der Waals surface area (Å²) in [6, 6.07) is 4.19. The van der Waals surface area contributed by atoms with Gasteiger partial charge in [-0.15, -0.1) is 0 Å². The zero-order chi connectivity index (χ0) is 11.5. The molecule has 0 radical (unpaired) electrons. The van der Waals surface area contributed by atoms with E-state index in [9.17, 15) is 9.18 Å². The molecule has 1 aromatic carbocycles. The first kappa shape index (κ1) is 10.9. The molecule has 0 aromatic heterocycles. The number of rotatable bonds is 1. The Labute approximate surface area is 92.7 Å². The minimum Gasteiger partial charge on any atom is -0.396 e. The van der Waals surface area contributed by atoms with Crippen molar-refractivity contribution in [3.05, 3.63) is 29.6 Å². The van der Waals surface area contributed by atoms with Gasteiger partial charge in [0.05, 0.1) is 17.9 Å². The van der Waals surface area contributed by atoms with E-state index in [1.165, 1.54) is 23.3 Å². The molecule has 1 fully saturated rings. The Morgan fingerprint density at radius 2 is 2.25 bits per heavy atom. The standard InChI is InChI=1S/C11H13FN2O2/c12-9-5-3-4-8(10(9)13)11(15)14-6-1-2-7-16-14/h3-5H,1-2,6-7,13H2. The van der Waals surface area contributed by atoms with Crippen LogP contribution in [0.25, 0.3) is 0 Å². The Hall–Kier alpha value is -1.62. The fraction of sp³-hybridized carbons (Fsp3) is 0.364. The number of nitrogen functional groups attached to an aromatic ring is 1. The molecule has 86 valence electrons. The quantitative estimate of drug-likeness (QED) is 0.737. The van der Waals surface area contributed by atoms with Crippen molar-refractivity contribution < 1.29 is 14.0 Å². The number of benzene rings is 1. The van der Waals surface area contributed by atoms with E-state index in [1.807, 2.05) is 0 Å². The third kappa shape index (κ3) is 1.99. The highest BCUT2D eigenvalue weighted by Crippen LogP contribution is 2.19. The summed E-state index contributed by atoms with van der Waals surface area (Å²) in [6.07, 6.45) is 1.82. The van der Waals surface area contributed by atoms with Crippen molar-refractivity contribution in [2.75, 3.05) is 18.9 Å². The molecule has 5 heteroatoms. The predicted molar refractivity (Wildman–Crippen MR) is 57.0 cm³/mol. The average Bonchev–Trinajstić information content (AvgIpc) is 2.33. The predicted octanol–water partition coefficient (Wildman–Crippen LogP) is 1.58. The summed E-state index contributed by atoms with van der Waals surface area (Å²) in [7, 11) is 0. The lowest BCUT2D eigenvalue weighted by Gasteiger charge is -2.26. The third-order valence-corrected chi connectivity index (χ3v) is 2.51. The number of anilines is 1. The molecular formula is C11H13FN2O2. The van der Waals surface area contributed by atoms with E-state index >= 15 is 0 Å². The molecule has 0 bridgehead atoms. The summed E-state index contributed by atoms with van der Waals surface area (Å²) in [5.41, 5.74) is 5.54. The second-order valence-electron chi connectivity index (χ2n) is 3.65. The van der Waals surface area contributed by atoms with Gasteiger partial charge in [-0.2, -0.15) is 0 Å². The van der Waals surface area contributed by atoms with E-state index in [-0.39, 0.29) is 17.2 Å². The lowest BCUT2D eigenvalue weighted by atomic mass is 10.1. The van der Waals surface area contributed by atoms with Crippen LogP contribution in [0, 0.1) is 5.82 Å². The normalized spacial score (nSPS) is 16.2. The van der Waals surface area contributed by atoms with Crippen molar-refractivity contribution in [1.29, 1.82) is 0 Å². The van der Waals surface area contributed by atoms with Crippen LogP contribution in [-0.4, -0.2) is 24.1 Å². The molecule has 16 heavy (non-hydrogen) atoms. The third-order valence-electron chi connectivity index (χ3n) is 2.51. The fourth-order valence-electron chi connectivity index (χ4n) is 1.61. The van der Waals surface area contributed by atoms with Crippen molar-refractivity contribution in [2.24, 2.45) is 0 Å². The molecule has 1 aliphatic rings. The SMILES string of the molecule is Nc1c(F)cccc1C(=O)N1CCCCO1. The first-order chi connectivity index (χ1) is 7.70. The Morgan fingerprint density at radius 1 is 1.44 bits per heavy atom. The molecule has 0 saturated carbocycles. The van der Waals surface area contributed by atoms with Crippen LogP contribution in [0.15, 0.2) is 18.2 Å². The molecule has 0 spiro atoms. The molecule has 1 saturated heterocycles. The van der Waals surface area contributed by atoms with Crippen LogP contribution in [0.4, 0.5) is 10.1 Å². The lowest BCUT2D eigenvalue weighted by Crippen LogP contribution is -2.36. The number of halogens is 1. The van der Waals surface area contributed by atoms with E-state index in [0.29, 0.717) is 13.2 Å². The molecule has 1 aliphatic heterocycles. The largest absolute Gasteiger partial charge is 0.396 e. The molecule has 0 unspecified atom stereocenters. The molecule has 2 N–H and O–H groups in total. The first-order valence-electron chi connectivity index (χ1n) is 5.19. The van der Waals surface area contributed by atoms with E-state index < -0.39 is 5.82 Å². The Kier molecular flexibility index (Phi) is 3.05. The number of carbonyl (C=O) groups is 1. The molecule has 1 aromatic rings. The fourth-order valence-corrected chi connectivity index (χ4v) is 1.61. The minimum atomic E-state index is -0.581. The molecule has 1 amide bonds. The highest BCUT2D eigenvalue weighted by Gasteiger charge is 2.22. The van der Waals surface area contributed by atoms with Crippen LogP contribution in [0.3, 0.4) is 0 Å². The van der Waals surface area contributed by atoms with E-state index in [0.717, 1.165) is 12.8 Å². The maximum atomic E-state index is 13.2. The molecule has 2 rings (SSSR count). The molecule has 1 heterocycles. The number of hydrogen-bond acceptors (Lipinski definition) is 3. The Balaban J connectivity index is 2.22. The van der Waals surface area contributed by atoms with Gasteiger partial charge in [0.25, 0.3) is 5.91 Å². The van der Waals surface area contributed by atoms with Crippen LogP contribution in [0.2, 0.25) is 0 Å². The van der Waals surface area contributed by atoms with Crippen molar-refractivity contribution in [2.45, 2.75) is 12.8 Å². The molecule has 0 atom stereocenters. The number of hydrogen-bond donors (Lipinski definition) is 1. The molecular weight excluding hydrogens is 211 g/mol. The minimum absolute atomic E-state index is 0.123. The second-order valence-corrected chi connectivity index (χ2v) is 3.65. The van der Waals surface area contributed by atoms with Gasteiger partial charge in [-0.05, 0) is 25.0 Å². The van der Waals surface area contributed by atoms with Crippen molar-refractivity contribution in [3.63, 3.8) is 0 Å². The highest BCUT2D eigenvalue weighted by atomic mass is 19.1. The van der Waals surface area contributed by atoms with Crippen molar-refractivity contribution in [3.8, 4) is 0 Å². The maximum Gasteiger partial charge on any atom is 0.279 e. The number of para-hydroxylation sites is 1. The van der Waals surface area contributed by atoms with E-state index in [1.54, 1.807) is 0 Å². The number of carbonyl (C=O) groups excluding carboxylic acids is 1. The molecule has 0 aliphatic carbocycles. The zero-order valence-corrected chi connectivity index (χ0v) is 8.78. The Bertz CT molecular complexity index is 403. The van der Waals surface area contributed by atoms with Gasteiger partial charge in [0.2, 0.25) is 0 Å². The molecule has 4 nitrogen and oxygen atoms in total. The van der Waals surface area contributed by atoms with Gasteiger partial charge in [-0.25, -0.2) is 9.45 Å². The lowest BCUT2D eigenvalue weighted by molar-refractivity contribution is -0.144. The maximum absolute atomic E-state index is 13.2. The van der Waals surface area contributed by atoms with Gasteiger partial charge in [0.1, 0.15) is 5.82 Å². The van der Waals surface area contributed by atoms with Crippen LogP contribution >= 0.6 is 0 Å². The summed E-state index contributed by atoms with van der Waals surface area (Å²) in [5.74, 6) is -0.959. The summed E-state index contributed by atoms with van der Waals surface area (Å²) in [4.78, 5) is 17.1. The first-order valence-corrected chi connectivity index (χ1v) is 5.19. The van der Waals surface area contributed by atoms with E-state index in [2.05, 4.69) is 0 Å². The zero-order valence-electron chi connectivity index (χ0n) is 8.78. The Morgan fingerprint density at radius 3 is 2.94 bits per heavy atom. The van der Waals surface area contributed by atoms with Gasteiger partial charge < -0.3 is 5.73 Å². The van der Waals surface area contributed by atoms with Gasteiger partial charge in [0, 0.05) is 6.54 Å². The monoisotopic (exact) mass is 224 g/mol. The van der Waals surface area contributed by atoms with Gasteiger partial charge in [-0.3, -0.25) is 9.63 Å². The van der Waals surface area contributed by atoms with Gasteiger partial charge in [-0.1, -0.05) is 6.07 Å². The number of hydroxylamine groups is 2. The van der Waals surface area contributed by atoms with Crippen LogP contribution in [0.5, 0.6) is 0 Å². The summed E-state index contributed by atoms with van der Waals surface area (Å²) in [6.45, 7) is 1.04. The number of nitrogens with zero attached hydrogens (tertiary/aromatic N) is 1. The van der Waals surface area contributed by atoms with Crippen LogP contribution in [0.1, 0.15) is 23.2 Å². The van der Waals surface area contributed by atoms with Crippen LogP contribution in [-0.2, 0) is 4.84 Å². The summed E-state index contributed by atoms with van der Waals surface area (Å²) in [5, 5.41) is 1.24. The average molecular weight is 224 g/mol. The number of nitrogens with two attached hydrogens (primary N) is 1.